The van der Waals surface area contributed by atoms with Gasteiger partial charge in [-0.1, -0.05) is 11.6 Å². The Bertz CT molecular complexity index is 713. The number of carbonyl (C=O) groups excluding carboxylic acids is 2. The number of nitrogens with zero attached hydrogens (tertiary/aromatic N) is 1. The molecule has 1 saturated heterocycles. The molecule has 1 aromatic carbocycles. The molecule has 2 aromatic rings. The molecule has 2 amide bonds. The number of nitrogens with one attached hydrogen (secondary N) is 2. The standard InChI is InChI=1S/C13H11ClFN3O2/c14-11-8-5-7(15)1-2-9(8)17-12(11)13(20)18-4-3-16-10(19)6-18/h1-2,5,17H,3-4,6H2,(H,16,19). The van der Waals surface area contributed by atoms with Crippen molar-refractivity contribution in [2.24, 2.45) is 0 Å². The molecule has 0 radical (unpaired) electrons. The number of hydrogen-bond acceptors (Lipinski definition) is 2. The van der Waals surface area contributed by atoms with Gasteiger partial charge in [-0.15, -0.1) is 0 Å². The summed E-state index contributed by atoms with van der Waals surface area (Å²) in [5.41, 5.74) is 0.767. The van der Waals surface area contributed by atoms with E-state index in [2.05, 4.69) is 10.3 Å². The molecule has 0 aliphatic carbocycles. The zero-order valence-corrected chi connectivity index (χ0v) is 11.1. The van der Waals surface area contributed by atoms with Gasteiger partial charge >= 0.3 is 0 Å². The lowest BCUT2D eigenvalue weighted by Crippen LogP contribution is -2.50. The maximum atomic E-state index is 13.2. The van der Waals surface area contributed by atoms with E-state index in [-0.39, 0.29) is 29.1 Å². The summed E-state index contributed by atoms with van der Waals surface area (Å²) in [5.74, 6) is -0.987. The minimum atomic E-state index is -0.422. The summed E-state index contributed by atoms with van der Waals surface area (Å²) in [5, 5.41) is 3.27. The Labute approximate surface area is 118 Å². The van der Waals surface area contributed by atoms with Gasteiger partial charge in [0.05, 0.1) is 11.6 Å². The lowest BCUT2D eigenvalue weighted by molar-refractivity contribution is -0.123. The van der Waals surface area contributed by atoms with E-state index in [1.807, 2.05) is 0 Å². The minimum Gasteiger partial charge on any atom is -0.353 e. The van der Waals surface area contributed by atoms with E-state index in [1.165, 1.54) is 23.1 Å². The van der Waals surface area contributed by atoms with Crippen LogP contribution in [0.25, 0.3) is 10.9 Å². The predicted molar refractivity (Wildman–Crippen MR) is 72.2 cm³/mol. The Morgan fingerprint density at radius 3 is 2.95 bits per heavy atom. The molecule has 0 spiro atoms. The lowest BCUT2D eigenvalue weighted by atomic mass is 10.2. The molecule has 1 aliphatic heterocycles. The number of fused-ring (bicyclic) bond motifs is 1. The number of halogens is 2. The van der Waals surface area contributed by atoms with Crippen LogP contribution in [0, 0.1) is 5.82 Å². The highest BCUT2D eigenvalue weighted by atomic mass is 35.5. The number of rotatable bonds is 1. The van der Waals surface area contributed by atoms with E-state index in [0.29, 0.717) is 24.0 Å². The van der Waals surface area contributed by atoms with Crippen molar-refractivity contribution in [1.29, 1.82) is 0 Å². The molecule has 3 rings (SSSR count). The van der Waals surface area contributed by atoms with Gasteiger partial charge in [0.2, 0.25) is 5.91 Å². The molecule has 104 valence electrons. The normalized spacial score (nSPS) is 15.5. The molecular formula is C13H11ClFN3O2. The first kappa shape index (κ1) is 12.9. The number of amides is 2. The van der Waals surface area contributed by atoms with E-state index in [9.17, 15) is 14.0 Å². The van der Waals surface area contributed by atoms with Gasteiger partial charge in [-0.3, -0.25) is 9.59 Å². The lowest BCUT2D eigenvalue weighted by Gasteiger charge is -2.26. The zero-order chi connectivity index (χ0) is 14.3. The summed E-state index contributed by atoms with van der Waals surface area (Å²) < 4.78 is 13.2. The number of aromatic amines is 1. The second-order valence-corrected chi connectivity index (χ2v) is 4.96. The van der Waals surface area contributed by atoms with Crippen LogP contribution in [0.2, 0.25) is 5.02 Å². The van der Waals surface area contributed by atoms with Crippen molar-refractivity contribution < 1.29 is 14.0 Å². The van der Waals surface area contributed by atoms with Crippen molar-refractivity contribution >= 4 is 34.3 Å². The van der Waals surface area contributed by atoms with Gasteiger partial charge < -0.3 is 15.2 Å². The van der Waals surface area contributed by atoms with Crippen LogP contribution in [0.3, 0.4) is 0 Å². The molecule has 7 heteroatoms. The van der Waals surface area contributed by atoms with Gasteiger partial charge in [0.15, 0.2) is 0 Å². The topological polar surface area (TPSA) is 65.2 Å². The molecule has 0 unspecified atom stereocenters. The van der Waals surface area contributed by atoms with Crippen LogP contribution < -0.4 is 5.32 Å². The molecule has 2 heterocycles. The first-order valence-electron chi connectivity index (χ1n) is 6.09. The number of benzene rings is 1. The van der Waals surface area contributed by atoms with Crippen molar-refractivity contribution in [3.8, 4) is 0 Å². The summed E-state index contributed by atoms with van der Waals surface area (Å²) in [7, 11) is 0. The molecule has 5 nitrogen and oxygen atoms in total. The number of H-pyrrole nitrogens is 1. The van der Waals surface area contributed by atoms with Crippen LogP contribution in [-0.4, -0.2) is 41.3 Å². The number of hydrogen-bond donors (Lipinski definition) is 2. The van der Waals surface area contributed by atoms with Gasteiger partial charge in [0, 0.05) is 24.0 Å². The molecule has 0 bridgehead atoms. The first-order chi connectivity index (χ1) is 9.56. The highest BCUT2D eigenvalue weighted by molar-refractivity contribution is 6.38. The molecular weight excluding hydrogens is 285 g/mol. The average Bonchev–Trinajstić information content (AvgIpc) is 2.75. The molecule has 1 fully saturated rings. The molecule has 20 heavy (non-hydrogen) atoms. The Balaban J connectivity index is 1.99. The molecule has 2 N–H and O–H groups in total. The summed E-state index contributed by atoms with van der Waals surface area (Å²) in [6.07, 6.45) is 0. The fourth-order valence-electron chi connectivity index (χ4n) is 2.25. The predicted octanol–water partition coefficient (Wildman–Crippen LogP) is 1.53. The van der Waals surface area contributed by atoms with Crippen LogP contribution in [0.1, 0.15) is 10.5 Å². The number of piperazine rings is 1. The number of carbonyl (C=O) groups is 2. The average molecular weight is 296 g/mol. The van der Waals surface area contributed by atoms with Gasteiger partial charge in [-0.05, 0) is 18.2 Å². The third-order valence-corrected chi connectivity index (χ3v) is 3.63. The molecule has 0 atom stereocenters. The first-order valence-corrected chi connectivity index (χ1v) is 6.47. The second kappa shape index (κ2) is 4.79. The summed E-state index contributed by atoms with van der Waals surface area (Å²) in [6, 6.07) is 4.09. The van der Waals surface area contributed by atoms with Crippen molar-refractivity contribution in [3.63, 3.8) is 0 Å². The SMILES string of the molecule is O=C1CN(C(=O)c2[nH]c3ccc(F)cc3c2Cl)CCN1. The second-order valence-electron chi connectivity index (χ2n) is 4.58. The van der Waals surface area contributed by atoms with Gasteiger partial charge in [-0.25, -0.2) is 4.39 Å². The van der Waals surface area contributed by atoms with E-state index in [1.54, 1.807) is 0 Å². The largest absolute Gasteiger partial charge is 0.353 e. The van der Waals surface area contributed by atoms with Crippen molar-refractivity contribution in [3.05, 3.63) is 34.7 Å². The maximum Gasteiger partial charge on any atom is 0.272 e. The van der Waals surface area contributed by atoms with Crippen molar-refractivity contribution in [2.75, 3.05) is 19.6 Å². The summed E-state index contributed by atoms with van der Waals surface area (Å²) >= 11 is 6.13. The third kappa shape index (κ3) is 2.12. The van der Waals surface area contributed by atoms with Crippen molar-refractivity contribution in [1.82, 2.24) is 15.2 Å². The van der Waals surface area contributed by atoms with E-state index < -0.39 is 5.82 Å². The van der Waals surface area contributed by atoms with Crippen LogP contribution in [0.15, 0.2) is 18.2 Å². The maximum absolute atomic E-state index is 13.2. The van der Waals surface area contributed by atoms with Crippen LogP contribution >= 0.6 is 11.6 Å². The van der Waals surface area contributed by atoms with E-state index in [0.717, 1.165) is 0 Å². The third-order valence-electron chi connectivity index (χ3n) is 3.24. The van der Waals surface area contributed by atoms with Gasteiger partial charge in [-0.2, -0.15) is 0 Å². The van der Waals surface area contributed by atoms with Crippen LogP contribution in [0.5, 0.6) is 0 Å². The van der Waals surface area contributed by atoms with E-state index in [4.69, 9.17) is 11.6 Å². The summed E-state index contributed by atoms with van der Waals surface area (Å²) in [4.78, 5) is 28.0. The fraction of sp³-hybridized carbons (Fsp3) is 0.231. The molecule has 0 saturated carbocycles. The Morgan fingerprint density at radius 2 is 2.20 bits per heavy atom. The zero-order valence-electron chi connectivity index (χ0n) is 10.4. The highest BCUT2D eigenvalue weighted by Gasteiger charge is 2.26. The fourth-order valence-corrected chi connectivity index (χ4v) is 2.53. The quantitative estimate of drug-likeness (QED) is 0.838. The number of aromatic nitrogens is 1. The Kier molecular flexibility index (Phi) is 3.10. The molecule has 1 aromatic heterocycles. The summed E-state index contributed by atoms with van der Waals surface area (Å²) in [6.45, 7) is 0.834. The van der Waals surface area contributed by atoms with Gasteiger partial charge in [0.1, 0.15) is 11.5 Å². The Morgan fingerprint density at radius 1 is 1.40 bits per heavy atom. The smallest absolute Gasteiger partial charge is 0.272 e. The minimum absolute atomic E-state index is 0.00110. The van der Waals surface area contributed by atoms with Crippen LogP contribution in [0.4, 0.5) is 4.39 Å². The van der Waals surface area contributed by atoms with E-state index >= 15 is 0 Å². The van der Waals surface area contributed by atoms with Crippen molar-refractivity contribution in [2.45, 2.75) is 0 Å². The van der Waals surface area contributed by atoms with Gasteiger partial charge in [0.25, 0.3) is 5.91 Å². The Hall–Kier alpha value is -2.08. The monoisotopic (exact) mass is 295 g/mol. The van der Waals surface area contributed by atoms with Crippen LogP contribution in [-0.2, 0) is 4.79 Å². The molecule has 1 aliphatic rings. The highest BCUT2D eigenvalue weighted by Crippen LogP contribution is 2.29.